The molecule has 0 bridgehead atoms. The molecule has 176 valence electrons. The number of nitrogens with zero attached hydrogens (tertiary/aromatic N) is 1. The normalized spacial score (nSPS) is 13.0. The van der Waals surface area contributed by atoms with Gasteiger partial charge in [0, 0.05) is 0 Å². The largest absolute Gasteiger partial charge is 0.461 e. The molecule has 1 rings (SSSR count). The summed E-state index contributed by atoms with van der Waals surface area (Å²) in [7, 11) is 0. The maximum atomic E-state index is 12.6. The van der Waals surface area contributed by atoms with Crippen molar-refractivity contribution in [1.29, 1.82) is 0 Å². The van der Waals surface area contributed by atoms with Crippen LogP contribution in [0.25, 0.3) is 0 Å². The molecule has 0 amide bonds. The first kappa shape index (κ1) is 28.0. The molecular weight excluding hydrogens is 461 g/mol. The van der Waals surface area contributed by atoms with Crippen LogP contribution in [-0.4, -0.2) is 30.1 Å². The third-order valence-electron chi connectivity index (χ3n) is 5.40. The highest BCUT2D eigenvalue weighted by Gasteiger charge is 2.27. The molecule has 0 aliphatic rings. The number of hydrogen-bond acceptors (Lipinski definition) is 5. The number of unbranched alkanes of at least 4 members (excludes halogenated alkanes) is 2. The lowest BCUT2D eigenvalue weighted by molar-refractivity contribution is 0.0412. The van der Waals surface area contributed by atoms with Crippen LogP contribution in [0, 0.1) is 11.8 Å². The first-order chi connectivity index (χ1) is 14.8. The van der Waals surface area contributed by atoms with E-state index in [1.807, 2.05) is 0 Å². The van der Waals surface area contributed by atoms with E-state index in [0.717, 1.165) is 51.4 Å². The van der Waals surface area contributed by atoms with Crippen molar-refractivity contribution in [3.8, 4) is 0 Å². The quantitative estimate of drug-likeness (QED) is 0.247. The topological polar surface area (TPSA) is 65.5 Å². The van der Waals surface area contributed by atoms with Crippen molar-refractivity contribution < 1.29 is 19.1 Å². The molecule has 0 spiro atoms. The van der Waals surface area contributed by atoms with Crippen LogP contribution in [0.5, 0.6) is 0 Å². The molecule has 5 nitrogen and oxygen atoms in total. The highest BCUT2D eigenvalue weighted by atomic mass is 35.5. The number of ether oxygens (including phenoxy) is 2. The smallest absolute Gasteiger partial charge is 0.358 e. The van der Waals surface area contributed by atoms with E-state index in [2.05, 4.69) is 32.7 Å². The third kappa shape index (κ3) is 8.78. The fourth-order valence-electron chi connectivity index (χ4n) is 3.10. The summed E-state index contributed by atoms with van der Waals surface area (Å²) in [5.74, 6) is -0.961. The molecule has 8 heteroatoms. The molecule has 0 aromatic carbocycles. The van der Waals surface area contributed by atoms with Crippen LogP contribution < -0.4 is 0 Å². The summed E-state index contributed by atoms with van der Waals surface area (Å²) in [5, 5.41) is -0.387. The molecule has 0 N–H and O–H groups in total. The molecule has 2 unspecified atom stereocenters. The van der Waals surface area contributed by atoms with Crippen LogP contribution in [0.15, 0.2) is 0 Å². The van der Waals surface area contributed by atoms with Gasteiger partial charge < -0.3 is 9.47 Å². The predicted octanol–water partition coefficient (Wildman–Crippen LogP) is 7.79. The molecule has 0 fully saturated rings. The average molecular weight is 495 g/mol. The van der Waals surface area contributed by atoms with Crippen molar-refractivity contribution in [2.24, 2.45) is 11.8 Å². The van der Waals surface area contributed by atoms with Crippen molar-refractivity contribution in [2.45, 2.75) is 79.1 Å². The summed E-state index contributed by atoms with van der Waals surface area (Å²) < 4.78 is 10.8. The zero-order valence-corrected chi connectivity index (χ0v) is 21.2. The minimum absolute atomic E-state index is 0.117. The van der Waals surface area contributed by atoms with Crippen molar-refractivity contribution in [2.75, 3.05) is 13.2 Å². The molecule has 1 heterocycles. The Labute approximate surface area is 201 Å². The summed E-state index contributed by atoms with van der Waals surface area (Å²) in [4.78, 5) is 29.3. The Bertz CT molecular complexity index is 671. The summed E-state index contributed by atoms with van der Waals surface area (Å²) in [6.07, 6.45) is 8.01. The van der Waals surface area contributed by atoms with Crippen LogP contribution in [0.1, 0.15) is 100 Å². The van der Waals surface area contributed by atoms with Crippen LogP contribution in [-0.2, 0) is 9.47 Å². The lowest BCUT2D eigenvalue weighted by Gasteiger charge is -2.16. The minimum atomic E-state index is -0.734. The van der Waals surface area contributed by atoms with E-state index in [9.17, 15) is 9.59 Å². The Kier molecular flexibility index (Phi) is 13.5. The van der Waals surface area contributed by atoms with E-state index in [1.165, 1.54) is 0 Å². The molecule has 0 aliphatic heterocycles. The number of rotatable bonds is 14. The van der Waals surface area contributed by atoms with Crippen molar-refractivity contribution >= 4 is 46.7 Å². The van der Waals surface area contributed by atoms with Gasteiger partial charge in [0.15, 0.2) is 11.4 Å². The van der Waals surface area contributed by atoms with Gasteiger partial charge >= 0.3 is 11.9 Å². The van der Waals surface area contributed by atoms with Gasteiger partial charge in [0.25, 0.3) is 0 Å². The van der Waals surface area contributed by atoms with Gasteiger partial charge in [-0.2, -0.15) is 0 Å². The Morgan fingerprint density at radius 2 is 1.13 bits per heavy atom. The van der Waals surface area contributed by atoms with Crippen molar-refractivity contribution in [1.82, 2.24) is 4.98 Å². The van der Waals surface area contributed by atoms with Crippen LogP contribution in [0.2, 0.25) is 15.1 Å². The van der Waals surface area contributed by atoms with Gasteiger partial charge in [-0.3, -0.25) is 0 Å². The predicted molar refractivity (Wildman–Crippen MR) is 126 cm³/mol. The molecule has 2 atom stereocenters. The number of pyridine rings is 1. The second kappa shape index (κ2) is 14.9. The van der Waals surface area contributed by atoms with Crippen LogP contribution in [0.4, 0.5) is 0 Å². The van der Waals surface area contributed by atoms with Gasteiger partial charge in [-0.25, -0.2) is 14.6 Å². The number of aromatic nitrogens is 1. The molecule has 0 saturated heterocycles. The van der Waals surface area contributed by atoms with E-state index in [-0.39, 0.29) is 51.5 Å². The van der Waals surface area contributed by atoms with E-state index < -0.39 is 11.9 Å². The summed E-state index contributed by atoms with van der Waals surface area (Å²) in [5.41, 5.74) is -0.460. The lowest BCUT2D eigenvalue weighted by Crippen LogP contribution is -2.19. The van der Waals surface area contributed by atoms with Gasteiger partial charge in [0.1, 0.15) is 0 Å². The third-order valence-corrected chi connectivity index (χ3v) is 6.71. The molecular formula is C23H34Cl3NO4. The number of carbonyl (C=O) groups is 2. The zero-order chi connectivity index (χ0) is 23.4. The maximum absolute atomic E-state index is 12.6. The van der Waals surface area contributed by atoms with Gasteiger partial charge in [-0.15, -0.1) is 0 Å². The Hall–Kier alpha value is -1.04. The second-order valence-electron chi connectivity index (χ2n) is 7.78. The lowest BCUT2D eigenvalue weighted by atomic mass is 10.0. The monoisotopic (exact) mass is 493 g/mol. The van der Waals surface area contributed by atoms with Crippen molar-refractivity contribution in [3.05, 3.63) is 26.5 Å². The number of esters is 2. The number of halogens is 3. The molecule has 0 saturated carbocycles. The van der Waals surface area contributed by atoms with Gasteiger partial charge in [-0.05, 0) is 24.7 Å². The Balaban J connectivity index is 2.94. The van der Waals surface area contributed by atoms with Gasteiger partial charge in [-0.1, -0.05) is 101 Å². The average Bonchev–Trinajstić information content (AvgIpc) is 2.77. The number of carbonyl (C=O) groups excluding carboxylic acids is 2. The number of hydrogen-bond donors (Lipinski definition) is 0. The van der Waals surface area contributed by atoms with E-state index in [4.69, 9.17) is 44.3 Å². The zero-order valence-electron chi connectivity index (χ0n) is 18.9. The van der Waals surface area contributed by atoms with Gasteiger partial charge in [0.05, 0.1) is 28.3 Å². The summed E-state index contributed by atoms with van der Waals surface area (Å²) >= 11 is 18.5. The fourth-order valence-corrected chi connectivity index (χ4v) is 3.76. The standard InChI is InChI=1S/C23H34Cl3NO4/c1-5-9-11-15(7-3)13-30-22(28)20-18(25)17(24)19(26)21(27-20)23(29)31-14-16(8-4)12-10-6-2/h15-16H,5-14H2,1-4H3. The highest BCUT2D eigenvalue weighted by Crippen LogP contribution is 2.35. The Morgan fingerprint density at radius 1 is 0.742 bits per heavy atom. The molecule has 0 aliphatic carbocycles. The summed E-state index contributed by atoms with van der Waals surface area (Å²) in [6, 6.07) is 0. The molecule has 1 aromatic heterocycles. The SMILES string of the molecule is CCCCC(CC)COC(=O)c1nc(C(=O)OCC(CC)CCCC)c(Cl)c(Cl)c1Cl. The highest BCUT2D eigenvalue weighted by molar-refractivity contribution is 6.49. The first-order valence-corrected chi connectivity index (χ1v) is 12.3. The van der Waals surface area contributed by atoms with Crippen molar-refractivity contribution in [3.63, 3.8) is 0 Å². The second-order valence-corrected chi connectivity index (χ2v) is 8.91. The Morgan fingerprint density at radius 3 is 1.45 bits per heavy atom. The van der Waals surface area contributed by atoms with Gasteiger partial charge in [0.2, 0.25) is 0 Å². The van der Waals surface area contributed by atoms with E-state index in [1.54, 1.807) is 0 Å². The van der Waals surface area contributed by atoms with Crippen LogP contribution in [0.3, 0.4) is 0 Å². The van der Waals surface area contributed by atoms with E-state index >= 15 is 0 Å². The minimum Gasteiger partial charge on any atom is -0.461 e. The first-order valence-electron chi connectivity index (χ1n) is 11.2. The molecule has 1 aromatic rings. The fraction of sp³-hybridized carbons (Fsp3) is 0.696. The van der Waals surface area contributed by atoms with Crippen LogP contribution >= 0.6 is 34.8 Å². The molecule has 0 radical (unpaired) electrons. The summed E-state index contributed by atoms with van der Waals surface area (Å²) in [6.45, 7) is 8.84. The maximum Gasteiger partial charge on any atom is 0.358 e. The molecule has 31 heavy (non-hydrogen) atoms. The van der Waals surface area contributed by atoms with E-state index in [0.29, 0.717) is 0 Å².